The van der Waals surface area contributed by atoms with Crippen LogP contribution in [0.4, 0.5) is 0 Å². The van der Waals surface area contributed by atoms with E-state index < -0.39 is 25.9 Å². The van der Waals surface area contributed by atoms with E-state index in [9.17, 15) is 16.8 Å². The Morgan fingerprint density at radius 3 is 2.12 bits per heavy atom. The summed E-state index contributed by atoms with van der Waals surface area (Å²) in [6.07, 6.45) is 1.12. The molecule has 0 saturated carbocycles. The Hall–Kier alpha value is -1.12. The third-order valence-corrected chi connectivity index (χ3v) is 6.64. The SMILES string of the molecule is CC(NS(=O)(=O)Cc1ccc(Cl)cc1Cl)c1ccc(S(C)(=O)=O)cc1. The predicted molar refractivity (Wildman–Crippen MR) is 100 cm³/mol. The van der Waals surface area contributed by atoms with E-state index in [0.717, 1.165) is 6.26 Å². The summed E-state index contributed by atoms with van der Waals surface area (Å²) >= 11 is 11.8. The smallest absolute Gasteiger partial charge is 0.216 e. The zero-order chi connectivity index (χ0) is 18.8. The highest BCUT2D eigenvalue weighted by atomic mass is 35.5. The quantitative estimate of drug-likeness (QED) is 0.772. The lowest BCUT2D eigenvalue weighted by molar-refractivity contribution is 0.565. The number of halogens is 2. The van der Waals surface area contributed by atoms with E-state index >= 15 is 0 Å². The number of hydrogen-bond donors (Lipinski definition) is 1. The van der Waals surface area contributed by atoms with Crippen LogP contribution in [0, 0.1) is 0 Å². The molecule has 0 aliphatic rings. The lowest BCUT2D eigenvalue weighted by Gasteiger charge is -2.15. The average Bonchev–Trinajstić information content (AvgIpc) is 2.49. The van der Waals surface area contributed by atoms with Crippen LogP contribution in [0.5, 0.6) is 0 Å². The van der Waals surface area contributed by atoms with Gasteiger partial charge in [-0.2, -0.15) is 0 Å². The second-order valence-corrected chi connectivity index (χ2v) is 10.3. The van der Waals surface area contributed by atoms with E-state index in [-0.39, 0.29) is 15.7 Å². The highest BCUT2D eigenvalue weighted by Gasteiger charge is 2.18. The molecule has 2 rings (SSSR count). The van der Waals surface area contributed by atoms with Gasteiger partial charge in [0, 0.05) is 22.3 Å². The van der Waals surface area contributed by atoms with E-state index in [4.69, 9.17) is 23.2 Å². The van der Waals surface area contributed by atoms with Crippen molar-refractivity contribution in [2.24, 2.45) is 0 Å². The molecule has 0 aromatic heterocycles. The second kappa shape index (κ2) is 7.63. The van der Waals surface area contributed by atoms with Crippen molar-refractivity contribution < 1.29 is 16.8 Å². The van der Waals surface area contributed by atoms with Crippen LogP contribution in [0.2, 0.25) is 10.0 Å². The van der Waals surface area contributed by atoms with Crippen molar-refractivity contribution in [1.82, 2.24) is 4.72 Å². The van der Waals surface area contributed by atoms with Gasteiger partial charge in [-0.25, -0.2) is 21.6 Å². The molecule has 2 aromatic carbocycles. The molecule has 2 aromatic rings. The summed E-state index contributed by atoms with van der Waals surface area (Å²) in [5.41, 5.74) is 1.09. The monoisotopic (exact) mass is 421 g/mol. The average molecular weight is 422 g/mol. The summed E-state index contributed by atoms with van der Waals surface area (Å²) < 4.78 is 50.2. The molecule has 0 fully saturated rings. The molecule has 0 radical (unpaired) electrons. The van der Waals surface area contributed by atoms with Gasteiger partial charge in [0.2, 0.25) is 10.0 Å². The number of nitrogens with one attached hydrogen (secondary N) is 1. The van der Waals surface area contributed by atoms with Gasteiger partial charge in [0.1, 0.15) is 0 Å². The van der Waals surface area contributed by atoms with Crippen LogP contribution in [-0.4, -0.2) is 23.1 Å². The van der Waals surface area contributed by atoms with Crippen LogP contribution in [0.1, 0.15) is 24.1 Å². The topological polar surface area (TPSA) is 80.3 Å². The van der Waals surface area contributed by atoms with Crippen LogP contribution >= 0.6 is 23.2 Å². The highest BCUT2D eigenvalue weighted by Crippen LogP contribution is 2.23. The molecule has 1 unspecified atom stereocenters. The maximum Gasteiger partial charge on any atom is 0.216 e. The first-order chi connectivity index (χ1) is 11.5. The summed E-state index contributed by atoms with van der Waals surface area (Å²) in [6, 6.07) is 10.2. The minimum atomic E-state index is -3.65. The van der Waals surface area contributed by atoms with Crippen LogP contribution in [0.15, 0.2) is 47.4 Å². The van der Waals surface area contributed by atoms with Crippen molar-refractivity contribution in [3.63, 3.8) is 0 Å². The molecule has 0 amide bonds. The Morgan fingerprint density at radius 2 is 1.60 bits per heavy atom. The van der Waals surface area contributed by atoms with Gasteiger partial charge in [-0.15, -0.1) is 0 Å². The van der Waals surface area contributed by atoms with Gasteiger partial charge in [0.05, 0.1) is 10.6 Å². The first-order valence-electron chi connectivity index (χ1n) is 7.22. The molecular formula is C16H17Cl2NO4S2. The van der Waals surface area contributed by atoms with Gasteiger partial charge in [0.25, 0.3) is 0 Å². The number of rotatable bonds is 6. The largest absolute Gasteiger partial charge is 0.224 e. The van der Waals surface area contributed by atoms with Gasteiger partial charge >= 0.3 is 0 Å². The van der Waals surface area contributed by atoms with E-state index in [0.29, 0.717) is 16.1 Å². The molecule has 1 N–H and O–H groups in total. The van der Waals surface area contributed by atoms with E-state index in [1.165, 1.54) is 18.2 Å². The zero-order valence-corrected chi connectivity index (χ0v) is 16.7. The minimum absolute atomic E-state index is 0.180. The molecular weight excluding hydrogens is 405 g/mol. The number of benzene rings is 2. The summed E-state index contributed by atoms with van der Waals surface area (Å²) in [5, 5.41) is 0.710. The molecule has 5 nitrogen and oxygen atoms in total. The summed E-state index contributed by atoms with van der Waals surface area (Å²) in [6.45, 7) is 1.68. The summed E-state index contributed by atoms with van der Waals surface area (Å²) in [7, 11) is -6.95. The summed E-state index contributed by atoms with van der Waals surface area (Å²) in [4.78, 5) is 0.180. The Labute approximate surface area is 157 Å². The molecule has 0 spiro atoms. The Kier molecular flexibility index (Phi) is 6.17. The highest BCUT2D eigenvalue weighted by molar-refractivity contribution is 7.90. The number of hydrogen-bond acceptors (Lipinski definition) is 4. The molecule has 0 aliphatic heterocycles. The molecule has 25 heavy (non-hydrogen) atoms. The molecule has 0 aliphatic carbocycles. The van der Waals surface area contributed by atoms with E-state index in [1.54, 1.807) is 31.2 Å². The molecule has 0 bridgehead atoms. The molecule has 9 heteroatoms. The summed E-state index contributed by atoms with van der Waals surface area (Å²) in [5.74, 6) is -0.283. The minimum Gasteiger partial charge on any atom is -0.224 e. The Bertz CT molecular complexity index is 972. The fourth-order valence-corrected chi connectivity index (χ4v) is 4.83. The van der Waals surface area contributed by atoms with Crippen molar-refractivity contribution in [3.05, 3.63) is 63.6 Å². The van der Waals surface area contributed by atoms with Gasteiger partial charge in [-0.1, -0.05) is 41.4 Å². The number of sulfone groups is 1. The van der Waals surface area contributed by atoms with Crippen molar-refractivity contribution >= 4 is 43.1 Å². The number of sulfonamides is 1. The first-order valence-corrected chi connectivity index (χ1v) is 11.5. The molecule has 136 valence electrons. The maximum atomic E-state index is 12.3. The fourth-order valence-electron chi connectivity index (χ4n) is 2.23. The van der Waals surface area contributed by atoms with Crippen LogP contribution in [0.25, 0.3) is 0 Å². The predicted octanol–water partition coefficient (Wildman–Crippen LogP) is 3.58. The van der Waals surface area contributed by atoms with Crippen LogP contribution < -0.4 is 4.72 Å². The molecule has 0 saturated heterocycles. The third kappa shape index (κ3) is 5.69. The van der Waals surface area contributed by atoms with Gasteiger partial charge in [0.15, 0.2) is 9.84 Å². The van der Waals surface area contributed by atoms with Gasteiger partial charge in [-0.05, 0) is 42.3 Å². The van der Waals surface area contributed by atoms with Crippen molar-refractivity contribution in [2.45, 2.75) is 23.6 Å². The Morgan fingerprint density at radius 1 is 1.00 bits per heavy atom. The van der Waals surface area contributed by atoms with E-state index in [1.807, 2.05) is 0 Å². The van der Waals surface area contributed by atoms with E-state index in [2.05, 4.69) is 4.72 Å². The second-order valence-electron chi connectivity index (χ2n) is 5.68. The van der Waals surface area contributed by atoms with Crippen LogP contribution in [-0.2, 0) is 25.6 Å². The first kappa shape index (κ1) is 20.2. The van der Waals surface area contributed by atoms with Gasteiger partial charge < -0.3 is 0 Å². The molecule has 1 atom stereocenters. The van der Waals surface area contributed by atoms with Crippen molar-refractivity contribution in [2.75, 3.05) is 6.26 Å². The van der Waals surface area contributed by atoms with Gasteiger partial charge in [-0.3, -0.25) is 0 Å². The Balaban J connectivity index is 2.14. The third-order valence-electron chi connectivity index (χ3n) is 3.53. The maximum absolute atomic E-state index is 12.3. The fraction of sp³-hybridized carbons (Fsp3) is 0.250. The van der Waals surface area contributed by atoms with Crippen LogP contribution in [0.3, 0.4) is 0 Å². The normalized spacial score (nSPS) is 13.6. The molecule has 0 heterocycles. The zero-order valence-electron chi connectivity index (χ0n) is 13.5. The lowest BCUT2D eigenvalue weighted by atomic mass is 10.1. The standard InChI is InChI=1S/C16H17Cl2NO4S2/c1-11(12-4-7-15(8-5-12)24(2,20)21)19-25(22,23)10-13-3-6-14(17)9-16(13)18/h3-9,11,19H,10H2,1-2H3. The van der Waals surface area contributed by atoms with Crippen molar-refractivity contribution in [3.8, 4) is 0 Å². The lowest BCUT2D eigenvalue weighted by Crippen LogP contribution is -2.28. The van der Waals surface area contributed by atoms with Crippen molar-refractivity contribution in [1.29, 1.82) is 0 Å².